The van der Waals surface area contributed by atoms with Crippen molar-refractivity contribution in [3.8, 4) is 11.3 Å². The molecule has 2 fully saturated rings. The molecule has 1 aliphatic carbocycles. The van der Waals surface area contributed by atoms with Crippen molar-refractivity contribution in [2.45, 2.75) is 37.5 Å². The molecule has 1 N–H and O–H groups in total. The van der Waals surface area contributed by atoms with Crippen LogP contribution in [0, 0.1) is 0 Å². The number of H-pyrrole nitrogens is 1. The normalized spacial score (nSPS) is 17.4. The highest BCUT2D eigenvalue weighted by Crippen LogP contribution is 2.38. The maximum atomic E-state index is 13.2. The molecule has 31 heavy (non-hydrogen) atoms. The van der Waals surface area contributed by atoms with Crippen LogP contribution >= 0.6 is 0 Å². The maximum Gasteiger partial charge on any atom is 0.253 e. The van der Waals surface area contributed by atoms with Gasteiger partial charge in [0.05, 0.1) is 5.39 Å². The molecule has 6 rings (SSSR count). The fraction of sp³-hybridized carbons (Fsp3) is 0.333. The van der Waals surface area contributed by atoms with Gasteiger partial charge in [-0.15, -0.1) is 0 Å². The molecular weight excluding hydrogens is 390 g/mol. The molecule has 0 spiro atoms. The lowest BCUT2D eigenvalue weighted by atomic mass is 9.95. The van der Waals surface area contributed by atoms with Crippen LogP contribution in [0.2, 0.25) is 0 Å². The Labute approximate surface area is 179 Å². The molecule has 7 nitrogen and oxygen atoms in total. The second-order valence-corrected chi connectivity index (χ2v) is 8.53. The van der Waals surface area contributed by atoms with Gasteiger partial charge in [-0.2, -0.15) is 5.10 Å². The summed E-state index contributed by atoms with van der Waals surface area (Å²) in [5, 5.41) is 12.5. The highest BCUT2D eigenvalue weighted by atomic mass is 16.5. The molecule has 1 amide bonds. The zero-order valence-corrected chi connectivity index (χ0v) is 17.1. The van der Waals surface area contributed by atoms with Crippen molar-refractivity contribution in [1.29, 1.82) is 0 Å². The van der Waals surface area contributed by atoms with Crippen molar-refractivity contribution in [1.82, 2.24) is 25.2 Å². The van der Waals surface area contributed by atoms with Crippen LogP contribution in [-0.4, -0.2) is 44.2 Å². The van der Waals surface area contributed by atoms with Crippen LogP contribution < -0.4 is 0 Å². The number of nitrogens with zero attached hydrogens (tertiary/aromatic N) is 4. The van der Waals surface area contributed by atoms with Crippen LogP contribution in [0.3, 0.4) is 0 Å². The Hall–Kier alpha value is -3.48. The molecule has 2 aromatic carbocycles. The largest absolute Gasteiger partial charge is 0.355 e. The number of aromatic amines is 1. The van der Waals surface area contributed by atoms with Gasteiger partial charge in [-0.05, 0) is 43.9 Å². The van der Waals surface area contributed by atoms with Crippen molar-refractivity contribution in [3.63, 3.8) is 0 Å². The number of carbonyl (C=O) groups excluding carboxylic acids is 1. The minimum atomic E-state index is 0.0526. The summed E-state index contributed by atoms with van der Waals surface area (Å²) >= 11 is 0. The lowest BCUT2D eigenvalue weighted by molar-refractivity contribution is 0.0711. The van der Waals surface area contributed by atoms with Gasteiger partial charge in [0.25, 0.3) is 5.91 Å². The molecule has 7 heteroatoms. The van der Waals surface area contributed by atoms with Crippen LogP contribution in [0.5, 0.6) is 0 Å². The smallest absolute Gasteiger partial charge is 0.253 e. The molecule has 3 heterocycles. The Morgan fingerprint density at radius 3 is 2.58 bits per heavy atom. The first kappa shape index (κ1) is 18.3. The van der Waals surface area contributed by atoms with E-state index in [1.54, 1.807) is 0 Å². The van der Waals surface area contributed by atoms with Crippen LogP contribution in [0.1, 0.15) is 59.5 Å². The van der Waals surface area contributed by atoms with Gasteiger partial charge in [-0.1, -0.05) is 35.5 Å². The molecule has 0 unspecified atom stereocenters. The Morgan fingerprint density at radius 2 is 1.81 bits per heavy atom. The summed E-state index contributed by atoms with van der Waals surface area (Å²) < 4.78 is 5.58. The summed E-state index contributed by atoms with van der Waals surface area (Å²) in [6, 6.07) is 15.5. The molecule has 2 aliphatic rings. The fourth-order valence-electron chi connectivity index (χ4n) is 4.41. The Bertz CT molecular complexity index is 1230. The third-order valence-corrected chi connectivity index (χ3v) is 6.39. The van der Waals surface area contributed by atoms with Crippen molar-refractivity contribution in [2.75, 3.05) is 13.1 Å². The molecule has 0 radical (unpaired) electrons. The summed E-state index contributed by atoms with van der Waals surface area (Å²) in [6.45, 7) is 1.44. The Balaban J connectivity index is 1.19. The van der Waals surface area contributed by atoms with Crippen molar-refractivity contribution >= 4 is 16.8 Å². The number of nitrogens with one attached hydrogen (secondary N) is 1. The van der Waals surface area contributed by atoms with Gasteiger partial charge in [0.1, 0.15) is 11.3 Å². The molecule has 156 valence electrons. The highest BCUT2D eigenvalue weighted by Gasteiger charge is 2.31. The summed E-state index contributed by atoms with van der Waals surface area (Å²) in [6.07, 6.45) is 4.20. The van der Waals surface area contributed by atoms with E-state index in [-0.39, 0.29) is 5.91 Å². The number of fused-ring (bicyclic) bond motifs is 1. The number of likely N-dealkylation sites (tertiary alicyclic amines) is 1. The number of piperidine rings is 1. The van der Waals surface area contributed by atoms with Crippen molar-refractivity contribution in [3.05, 3.63) is 65.7 Å². The third kappa shape index (κ3) is 3.40. The summed E-state index contributed by atoms with van der Waals surface area (Å²) in [5.74, 6) is 3.59. The average Bonchev–Trinajstić information content (AvgIpc) is 3.40. The molecule has 1 saturated carbocycles. The van der Waals surface area contributed by atoms with Gasteiger partial charge < -0.3 is 9.42 Å². The molecule has 1 saturated heterocycles. The first-order valence-corrected chi connectivity index (χ1v) is 10.9. The minimum absolute atomic E-state index is 0.0526. The highest BCUT2D eigenvalue weighted by molar-refractivity contribution is 6.01. The van der Waals surface area contributed by atoms with E-state index < -0.39 is 0 Å². The molecular formula is C24H23N5O2. The van der Waals surface area contributed by atoms with E-state index in [2.05, 4.69) is 15.4 Å². The van der Waals surface area contributed by atoms with Crippen LogP contribution in [0.25, 0.3) is 22.2 Å². The molecule has 1 aliphatic heterocycles. The number of hydrogen-bond acceptors (Lipinski definition) is 5. The standard InChI is InChI=1S/C24H23N5O2/c30-24(29-12-10-17(11-13-29)23-25-22(26-27-23)16-6-7-16)18-8-9-20-19(14-18)21(31-28-20)15-4-2-1-3-5-15/h1-5,8-9,14,16-17H,6-7,10-13H2,(H,25,26,27). The second kappa shape index (κ2) is 7.34. The Kier molecular flexibility index (Phi) is 4.33. The number of hydrogen-bond donors (Lipinski definition) is 1. The predicted octanol–water partition coefficient (Wildman–Crippen LogP) is 4.51. The number of amides is 1. The van der Waals surface area contributed by atoms with E-state index in [0.717, 1.165) is 54.0 Å². The Morgan fingerprint density at radius 1 is 1.00 bits per heavy atom. The molecule has 0 bridgehead atoms. The van der Waals surface area contributed by atoms with Crippen molar-refractivity contribution < 1.29 is 9.32 Å². The van der Waals surface area contributed by atoms with Crippen LogP contribution in [0.4, 0.5) is 0 Å². The van der Waals surface area contributed by atoms with E-state index >= 15 is 0 Å². The van der Waals surface area contributed by atoms with Gasteiger partial charge in [-0.25, -0.2) is 4.98 Å². The summed E-state index contributed by atoms with van der Waals surface area (Å²) in [7, 11) is 0. The molecule has 2 aromatic heterocycles. The lowest BCUT2D eigenvalue weighted by Gasteiger charge is -2.31. The first-order valence-electron chi connectivity index (χ1n) is 10.9. The van der Waals surface area contributed by atoms with E-state index in [4.69, 9.17) is 9.51 Å². The number of carbonyl (C=O) groups is 1. The molecule has 0 atom stereocenters. The maximum absolute atomic E-state index is 13.2. The van der Waals surface area contributed by atoms with Gasteiger partial charge >= 0.3 is 0 Å². The van der Waals surface area contributed by atoms with E-state index in [1.807, 2.05) is 53.4 Å². The predicted molar refractivity (Wildman–Crippen MR) is 116 cm³/mol. The first-order chi connectivity index (χ1) is 15.3. The third-order valence-electron chi connectivity index (χ3n) is 6.39. The molecule has 4 aromatic rings. The lowest BCUT2D eigenvalue weighted by Crippen LogP contribution is -2.38. The van der Waals surface area contributed by atoms with E-state index in [0.29, 0.717) is 23.2 Å². The van der Waals surface area contributed by atoms with E-state index in [1.165, 1.54) is 12.8 Å². The second-order valence-electron chi connectivity index (χ2n) is 8.53. The summed E-state index contributed by atoms with van der Waals surface area (Å²) in [5.41, 5.74) is 2.38. The zero-order valence-electron chi connectivity index (χ0n) is 17.1. The van der Waals surface area contributed by atoms with Gasteiger partial charge in [-0.3, -0.25) is 9.89 Å². The number of benzene rings is 2. The van der Waals surface area contributed by atoms with Crippen LogP contribution in [0.15, 0.2) is 53.1 Å². The zero-order chi connectivity index (χ0) is 20.8. The monoisotopic (exact) mass is 413 g/mol. The SMILES string of the molecule is O=C(c1ccc2noc(-c3ccccc3)c2c1)N1CCC(c2nc(C3CC3)n[nH]2)CC1. The topological polar surface area (TPSA) is 87.9 Å². The average molecular weight is 413 g/mol. The fourth-order valence-corrected chi connectivity index (χ4v) is 4.41. The van der Waals surface area contributed by atoms with Crippen LogP contribution in [-0.2, 0) is 0 Å². The summed E-state index contributed by atoms with van der Waals surface area (Å²) in [4.78, 5) is 19.8. The minimum Gasteiger partial charge on any atom is -0.355 e. The van der Waals surface area contributed by atoms with Gasteiger partial charge in [0, 0.05) is 36.1 Å². The quantitative estimate of drug-likeness (QED) is 0.532. The number of aromatic nitrogens is 4. The number of rotatable bonds is 4. The van der Waals surface area contributed by atoms with Gasteiger partial charge in [0.15, 0.2) is 11.6 Å². The van der Waals surface area contributed by atoms with Crippen molar-refractivity contribution in [2.24, 2.45) is 0 Å². The van der Waals surface area contributed by atoms with Gasteiger partial charge in [0.2, 0.25) is 0 Å². The van der Waals surface area contributed by atoms with E-state index in [9.17, 15) is 4.79 Å².